The third-order valence-electron chi connectivity index (χ3n) is 3.69. The van der Waals surface area contributed by atoms with E-state index in [1.807, 2.05) is 60.4 Å². The molecule has 2 heterocycles. The van der Waals surface area contributed by atoms with Crippen LogP contribution in [0.5, 0.6) is 0 Å². The van der Waals surface area contributed by atoms with E-state index in [0.717, 1.165) is 16.4 Å². The molecular formula is C17H19N5OS. The molecule has 0 saturated heterocycles. The first kappa shape index (κ1) is 16.2. The van der Waals surface area contributed by atoms with E-state index in [1.165, 1.54) is 11.3 Å². The molecule has 2 N–H and O–H groups in total. The molecule has 124 valence electrons. The highest BCUT2D eigenvalue weighted by Crippen LogP contribution is 2.20. The number of aromatic nitrogens is 3. The number of nitrogens with one attached hydrogen (secondary N) is 2. The Kier molecular flexibility index (Phi) is 4.90. The Balaban J connectivity index is 1.77. The molecule has 0 radical (unpaired) electrons. The van der Waals surface area contributed by atoms with E-state index in [0.29, 0.717) is 0 Å². The summed E-state index contributed by atoms with van der Waals surface area (Å²) in [6.07, 6.45) is 5.32. The van der Waals surface area contributed by atoms with Crippen molar-refractivity contribution in [2.45, 2.75) is 19.0 Å². The molecule has 0 aliphatic heterocycles. The van der Waals surface area contributed by atoms with E-state index in [9.17, 15) is 4.79 Å². The summed E-state index contributed by atoms with van der Waals surface area (Å²) >= 11 is 1.52. The Morgan fingerprint density at radius 1 is 1.17 bits per heavy atom. The largest absolute Gasteiger partial charge is 0.336 e. The molecule has 6 nitrogen and oxygen atoms in total. The average molecular weight is 341 g/mol. The van der Waals surface area contributed by atoms with E-state index >= 15 is 0 Å². The second-order valence-electron chi connectivity index (χ2n) is 5.45. The quantitative estimate of drug-likeness (QED) is 0.749. The summed E-state index contributed by atoms with van der Waals surface area (Å²) in [5.74, 6) is 0.776. The highest BCUT2D eigenvalue weighted by molar-refractivity contribution is 7.09. The highest BCUT2D eigenvalue weighted by Gasteiger charge is 2.21. The van der Waals surface area contributed by atoms with Crippen LogP contribution in [0.25, 0.3) is 0 Å². The molecule has 3 rings (SSSR count). The first-order valence-corrected chi connectivity index (χ1v) is 8.51. The van der Waals surface area contributed by atoms with E-state index in [1.54, 1.807) is 12.4 Å². The molecule has 0 fully saturated rings. The van der Waals surface area contributed by atoms with Crippen molar-refractivity contribution in [2.24, 2.45) is 7.05 Å². The highest BCUT2D eigenvalue weighted by atomic mass is 32.1. The smallest absolute Gasteiger partial charge is 0.316 e. The number of benzene rings is 1. The standard InChI is InChI=1S/C17H19N5OS/c1-12(16-19-9-11-24-16)20-17(23)21-14(13-6-4-3-5-7-13)15-18-8-10-22(15)2/h3-12,14H,1-2H3,(H2,20,21,23)/t12-,14-/m1/s1. The van der Waals surface area contributed by atoms with Crippen LogP contribution in [0.15, 0.2) is 54.3 Å². The summed E-state index contributed by atoms with van der Waals surface area (Å²) in [6, 6.07) is 9.07. The van der Waals surface area contributed by atoms with Crippen LogP contribution in [-0.2, 0) is 7.05 Å². The van der Waals surface area contributed by atoms with E-state index in [4.69, 9.17) is 0 Å². The molecule has 0 aliphatic rings. The Bertz CT molecular complexity index is 784. The van der Waals surface area contributed by atoms with Crippen LogP contribution >= 0.6 is 11.3 Å². The van der Waals surface area contributed by atoms with Gasteiger partial charge in [0.2, 0.25) is 0 Å². The summed E-state index contributed by atoms with van der Waals surface area (Å²) in [5.41, 5.74) is 0.976. The van der Waals surface area contributed by atoms with Crippen molar-refractivity contribution >= 4 is 17.4 Å². The van der Waals surface area contributed by atoms with E-state index in [2.05, 4.69) is 20.6 Å². The molecule has 3 aromatic rings. The molecule has 7 heteroatoms. The van der Waals surface area contributed by atoms with Crippen molar-refractivity contribution in [1.29, 1.82) is 0 Å². The fraction of sp³-hybridized carbons (Fsp3) is 0.235. The molecule has 0 unspecified atom stereocenters. The van der Waals surface area contributed by atoms with Gasteiger partial charge in [0.05, 0.1) is 6.04 Å². The normalized spacial score (nSPS) is 13.2. The van der Waals surface area contributed by atoms with Gasteiger partial charge in [-0.3, -0.25) is 0 Å². The van der Waals surface area contributed by atoms with Crippen molar-refractivity contribution < 1.29 is 4.79 Å². The molecule has 0 saturated carbocycles. The lowest BCUT2D eigenvalue weighted by atomic mass is 10.1. The fourth-order valence-corrected chi connectivity index (χ4v) is 3.12. The first-order chi connectivity index (χ1) is 11.6. The van der Waals surface area contributed by atoms with Gasteiger partial charge in [0.25, 0.3) is 0 Å². The zero-order valence-electron chi connectivity index (χ0n) is 13.5. The van der Waals surface area contributed by atoms with Gasteiger partial charge in [-0.1, -0.05) is 30.3 Å². The Morgan fingerprint density at radius 2 is 1.96 bits per heavy atom. The van der Waals surface area contributed by atoms with Crippen molar-refractivity contribution in [1.82, 2.24) is 25.2 Å². The maximum Gasteiger partial charge on any atom is 0.316 e. The van der Waals surface area contributed by atoms with Gasteiger partial charge in [-0.05, 0) is 12.5 Å². The number of aryl methyl sites for hydroxylation is 1. The zero-order valence-corrected chi connectivity index (χ0v) is 14.3. The lowest BCUT2D eigenvalue weighted by Gasteiger charge is -2.21. The number of hydrogen-bond acceptors (Lipinski definition) is 4. The molecule has 24 heavy (non-hydrogen) atoms. The molecule has 0 spiro atoms. The number of imidazole rings is 1. The molecule has 0 bridgehead atoms. The van der Waals surface area contributed by atoms with Gasteiger partial charge in [0.1, 0.15) is 16.9 Å². The summed E-state index contributed by atoms with van der Waals surface area (Å²) in [4.78, 5) is 21.1. The van der Waals surface area contributed by atoms with Crippen LogP contribution in [-0.4, -0.2) is 20.6 Å². The number of rotatable bonds is 5. The number of amides is 2. The summed E-state index contributed by atoms with van der Waals surface area (Å²) in [5, 5.41) is 8.71. The lowest BCUT2D eigenvalue weighted by molar-refractivity contribution is 0.235. The SMILES string of the molecule is C[C@@H](NC(=O)N[C@H](c1ccccc1)c1nccn1C)c1nccs1. The van der Waals surface area contributed by atoms with Crippen LogP contribution in [0.1, 0.15) is 35.4 Å². The van der Waals surface area contributed by atoms with Gasteiger partial charge < -0.3 is 15.2 Å². The topological polar surface area (TPSA) is 71.8 Å². The molecule has 1 aromatic carbocycles. The first-order valence-electron chi connectivity index (χ1n) is 7.63. The van der Waals surface area contributed by atoms with Crippen molar-refractivity contribution in [3.8, 4) is 0 Å². The van der Waals surface area contributed by atoms with Crippen molar-refractivity contribution in [2.75, 3.05) is 0 Å². The minimum atomic E-state index is -0.324. The molecule has 0 aliphatic carbocycles. The third kappa shape index (κ3) is 3.62. The number of hydrogen-bond donors (Lipinski definition) is 2. The molecule has 2 atom stereocenters. The summed E-state index contributed by atoms with van der Waals surface area (Å²) in [6.45, 7) is 1.91. The molecular weight excluding hydrogens is 322 g/mol. The van der Waals surface area contributed by atoms with Crippen molar-refractivity contribution in [3.05, 3.63) is 70.7 Å². The Morgan fingerprint density at radius 3 is 2.58 bits per heavy atom. The van der Waals surface area contributed by atoms with Crippen LogP contribution < -0.4 is 10.6 Å². The second-order valence-corrected chi connectivity index (χ2v) is 6.38. The minimum absolute atomic E-state index is 0.150. The van der Waals surface area contributed by atoms with Crippen LogP contribution in [0.3, 0.4) is 0 Å². The number of carbonyl (C=O) groups is 1. The summed E-state index contributed by atoms with van der Waals surface area (Å²) in [7, 11) is 1.91. The van der Waals surface area contributed by atoms with Gasteiger partial charge in [-0.2, -0.15) is 0 Å². The second kappa shape index (κ2) is 7.27. The van der Waals surface area contributed by atoms with Crippen molar-refractivity contribution in [3.63, 3.8) is 0 Å². The molecule has 2 aromatic heterocycles. The predicted molar refractivity (Wildman–Crippen MR) is 93.7 cm³/mol. The average Bonchev–Trinajstić information content (AvgIpc) is 3.25. The monoisotopic (exact) mass is 341 g/mol. The van der Waals surface area contributed by atoms with Crippen LogP contribution in [0.2, 0.25) is 0 Å². The van der Waals surface area contributed by atoms with Crippen LogP contribution in [0, 0.1) is 0 Å². The fourth-order valence-electron chi connectivity index (χ4n) is 2.48. The van der Waals surface area contributed by atoms with E-state index < -0.39 is 0 Å². The van der Waals surface area contributed by atoms with Gasteiger partial charge >= 0.3 is 6.03 Å². The number of carbonyl (C=O) groups excluding carboxylic acids is 1. The predicted octanol–water partition coefficient (Wildman–Crippen LogP) is 3.03. The Labute approximate surface area is 144 Å². The number of nitrogens with zero attached hydrogens (tertiary/aromatic N) is 3. The van der Waals surface area contributed by atoms with Gasteiger partial charge in [-0.15, -0.1) is 11.3 Å². The minimum Gasteiger partial charge on any atom is -0.336 e. The Hall–Kier alpha value is -2.67. The van der Waals surface area contributed by atoms with Crippen LogP contribution in [0.4, 0.5) is 4.79 Å². The summed E-state index contributed by atoms with van der Waals surface area (Å²) < 4.78 is 1.90. The van der Waals surface area contributed by atoms with Gasteiger partial charge in [0, 0.05) is 31.0 Å². The van der Waals surface area contributed by atoms with Gasteiger partial charge in [-0.25, -0.2) is 14.8 Å². The molecule has 2 amide bonds. The van der Waals surface area contributed by atoms with Gasteiger partial charge in [0.15, 0.2) is 0 Å². The lowest BCUT2D eigenvalue weighted by Crippen LogP contribution is -2.40. The third-order valence-corrected chi connectivity index (χ3v) is 4.65. The maximum absolute atomic E-state index is 12.5. The maximum atomic E-state index is 12.5. The number of thiazole rings is 1. The van der Waals surface area contributed by atoms with E-state index in [-0.39, 0.29) is 18.1 Å². The zero-order chi connectivity index (χ0) is 16.9. The number of urea groups is 1.